The average Bonchev–Trinajstić information content (AvgIpc) is 3.48. The molecule has 4 heterocycles. The Kier molecular flexibility index (Phi) is 10.6. The van der Waals surface area contributed by atoms with E-state index in [-0.39, 0.29) is 42.0 Å². The van der Waals surface area contributed by atoms with E-state index in [4.69, 9.17) is 11.6 Å². The molecule has 276 valence electrons. The highest BCUT2D eigenvalue weighted by molar-refractivity contribution is 6.32. The Labute approximate surface area is 315 Å². The molecule has 1 unspecified atom stereocenters. The van der Waals surface area contributed by atoms with Crippen LogP contribution in [-0.4, -0.2) is 97.9 Å². The monoisotopic (exact) mass is 736 g/mol. The number of piperazine rings is 1. The first kappa shape index (κ1) is 36.2. The molecule has 13 heteroatoms. The van der Waals surface area contributed by atoms with Gasteiger partial charge in [-0.25, -0.2) is 0 Å². The Hall–Kier alpha value is -5.12. The minimum absolute atomic E-state index is 0.00141. The summed E-state index contributed by atoms with van der Waals surface area (Å²) < 4.78 is 0. The largest absolute Gasteiger partial charge is 0.374 e. The van der Waals surface area contributed by atoms with Crippen LogP contribution in [0.15, 0.2) is 66.7 Å². The zero-order valence-electron chi connectivity index (χ0n) is 29.9. The molecule has 4 aliphatic rings. The second-order valence-corrected chi connectivity index (χ2v) is 15.2. The molecule has 12 nitrogen and oxygen atoms in total. The fourth-order valence-electron chi connectivity index (χ4n) is 8.27. The number of nitriles is 1. The molecule has 3 N–H and O–H groups in total. The predicted molar refractivity (Wildman–Crippen MR) is 205 cm³/mol. The number of carbonyl (C=O) groups is 4. The normalized spacial score (nSPS) is 21.6. The van der Waals surface area contributed by atoms with Crippen LogP contribution in [0.1, 0.15) is 54.9 Å². The van der Waals surface area contributed by atoms with Crippen molar-refractivity contribution in [3.63, 3.8) is 0 Å². The zero-order valence-corrected chi connectivity index (χ0v) is 30.7. The summed E-state index contributed by atoms with van der Waals surface area (Å²) in [6, 6.07) is 22.9. The zero-order chi connectivity index (χ0) is 37.1. The summed E-state index contributed by atoms with van der Waals surface area (Å²) in [6.45, 7) is 7.65. The first-order chi connectivity index (χ1) is 25.6. The third-order valence-corrected chi connectivity index (χ3v) is 11.5. The third kappa shape index (κ3) is 8.27. The fourth-order valence-corrected chi connectivity index (χ4v) is 8.49. The van der Waals surface area contributed by atoms with Gasteiger partial charge in [-0.3, -0.25) is 29.4 Å². The van der Waals surface area contributed by atoms with Crippen LogP contribution in [0.5, 0.6) is 0 Å². The van der Waals surface area contributed by atoms with E-state index < -0.39 is 6.04 Å². The molecule has 0 saturated carbocycles. The minimum Gasteiger partial charge on any atom is -0.374 e. The summed E-state index contributed by atoms with van der Waals surface area (Å²) in [7, 11) is 0. The Morgan fingerprint density at radius 2 is 1.66 bits per heavy atom. The lowest BCUT2D eigenvalue weighted by molar-refractivity contribution is -0.133. The van der Waals surface area contributed by atoms with E-state index in [2.05, 4.69) is 50.9 Å². The van der Waals surface area contributed by atoms with Gasteiger partial charge in [-0.1, -0.05) is 17.7 Å². The Bertz CT molecular complexity index is 1910. The lowest BCUT2D eigenvalue weighted by Gasteiger charge is -2.40. The van der Waals surface area contributed by atoms with Crippen molar-refractivity contribution in [2.45, 2.75) is 51.1 Å². The number of benzene rings is 3. The number of imide groups is 1. The molecule has 0 aliphatic carbocycles. The van der Waals surface area contributed by atoms with E-state index in [1.807, 2.05) is 46.2 Å². The number of nitrogens with one attached hydrogen (secondary N) is 3. The van der Waals surface area contributed by atoms with Crippen molar-refractivity contribution in [1.82, 2.24) is 15.1 Å². The first-order valence-electron chi connectivity index (χ1n) is 18.4. The molecular formula is C40H45ClN8O4. The van der Waals surface area contributed by atoms with Gasteiger partial charge in [-0.2, -0.15) is 5.26 Å². The molecule has 0 radical (unpaired) electrons. The maximum Gasteiger partial charge on any atom is 0.253 e. The molecule has 7 rings (SSSR count). The van der Waals surface area contributed by atoms with Gasteiger partial charge in [-0.15, -0.1) is 0 Å². The number of rotatable bonds is 8. The lowest BCUT2D eigenvalue weighted by atomic mass is 9.76. The van der Waals surface area contributed by atoms with Gasteiger partial charge >= 0.3 is 0 Å². The van der Waals surface area contributed by atoms with Gasteiger partial charge in [0.2, 0.25) is 17.7 Å². The van der Waals surface area contributed by atoms with Gasteiger partial charge in [0.15, 0.2) is 0 Å². The molecule has 4 aliphatic heterocycles. The number of amides is 4. The highest BCUT2D eigenvalue weighted by Gasteiger charge is 2.44. The van der Waals surface area contributed by atoms with Crippen LogP contribution in [0.4, 0.5) is 22.7 Å². The van der Waals surface area contributed by atoms with Crippen LogP contribution in [0.2, 0.25) is 5.02 Å². The predicted octanol–water partition coefficient (Wildman–Crippen LogP) is 4.71. The van der Waals surface area contributed by atoms with E-state index >= 15 is 0 Å². The number of anilines is 4. The maximum absolute atomic E-state index is 13.4. The second-order valence-electron chi connectivity index (χ2n) is 14.8. The number of halogens is 1. The van der Waals surface area contributed by atoms with Crippen molar-refractivity contribution in [1.29, 1.82) is 5.26 Å². The van der Waals surface area contributed by atoms with Gasteiger partial charge in [0.05, 0.1) is 17.1 Å². The van der Waals surface area contributed by atoms with E-state index in [0.29, 0.717) is 66.2 Å². The maximum atomic E-state index is 13.4. The van der Waals surface area contributed by atoms with E-state index in [9.17, 15) is 24.4 Å². The smallest absolute Gasteiger partial charge is 0.253 e. The Morgan fingerprint density at radius 1 is 0.943 bits per heavy atom. The van der Waals surface area contributed by atoms with Crippen molar-refractivity contribution >= 4 is 58.0 Å². The SMILES string of the molecule is C[C@@H]1CC2(CCN(c3ccc(C(=O)N4CCN(CC(=O)Nc5cccc(NC6CCC(=O)NC6=O)c5)CC4)cc3)CC2)CN1c1ccc(C#N)c(Cl)c1. The molecule has 1 spiro atoms. The van der Waals surface area contributed by atoms with E-state index in [0.717, 1.165) is 50.3 Å². The summed E-state index contributed by atoms with van der Waals surface area (Å²) >= 11 is 6.36. The molecule has 3 aromatic rings. The molecule has 4 amide bonds. The Balaban J connectivity index is 0.852. The van der Waals surface area contributed by atoms with Crippen LogP contribution in [0, 0.1) is 16.7 Å². The molecule has 0 bridgehead atoms. The molecule has 2 atom stereocenters. The average molecular weight is 737 g/mol. The molecule has 0 aromatic heterocycles. The summed E-state index contributed by atoms with van der Waals surface area (Å²) in [5.74, 6) is -0.770. The van der Waals surface area contributed by atoms with Crippen LogP contribution < -0.4 is 25.8 Å². The van der Waals surface area contributed by atoms with Gasteiger partial charge in [-0.05, 0) is 98.7 Å². The topological polar surface area (TPSA) is 141 Å². The second kappa shape index (κ2) is 15.5. The van der Waals surface area contributed by atoms with Crippen LogP contribution in [-0.2, 0) is 14.4 Å². The van der Waals surface area contributed by atoms with Crippen molar-refractivity contribution in [3.8, 4) is 6.07 Å². The first-order valence-corrected chi connectivity index (χ1v) is 18.8. The minimum atomic E-state index is -0.504. The van der Waals surface area contributed by atoms with Crippen LogP contribution in [0.3, 0.4) is 0 Å². The van der Waals surface area contributed by atoms with E-state index in [1.165, 1.54) is 0 Å². The third-order valence-electron chi connectivity index (χ3n) is 11.2. The van der Waals surface area contributed by atoms with Crippen molar-refractivity contribution < 1.29 is 19.2 Å². The highest BCUT2D eigenvalue weighted by Crippen LogP contribution is 2.46. The number of hydrogen-bond acceptors (Lipinski definition) is 9. The number of hydrogen-bond donors (Lipinski definition) is 3. The van der Waals surface area contributed by atoms with Crippen LogP contribution >= 0.6 is 11.6 Å². The highest BCUT2D eigenvalue weighted by atomic mass is 35.5. The lowest BCUT2D eigenvalue weighted by Crippen LogP contribution is -2.50. The van der Waals surface area contributed by atoms with Gasteiger partial charge in [0.25, 0.3) is 5.91 Å². The Morgan fingerprint density at radius 3 is 2.36 bits per heavy atom. The van der Waals surface area contributed by atoms with Gasteiger partial charge < -0.3 is 25.3 Å². The summed E-state index contributed by atoms with van der Waals surface area (Å²) in [6.07, 6.45) is 4.01. The van der Waals surface area contributed by atoms with Gasteiger partial charge in [0, 0.05) is 86.6 Å². The fraction of sp³-hybridized carbons (Fsp3) is 0.425. The summed E-state index contributed by atoms with van der Waals surface area (Å²) in [5.41, 5.74) is 4.92. The number of carbonyl (C=O) groups excluding carboxylic acids is 4. The molecular weight excluding hydrogens is 692 g/mol. The number of piperidine rings is 2. The molecule has 3 aromatic carbocycles. The molecule has 4 saturated heterocycles. The number of nitrogens with zero attached hydrogens (tertiary/aromatic N) is 5. The standard InChI is InChI=1S/C40H45ClN8O4/c1-27-23-40(26-49(27)33-10-7-29(24-42)34(41)22-33)13-15-47(16-14-40)32-8-5-28(6-9-32)39(53)48-19-17-46(18-20-48)25-37(51)44-31-4-2-3-30(21-31)43-35-11-12-36(50)45-38(35)52/h2-10,21-22,27,35,43H,11-20,23,25-26H2,1H3,(H,44,51)(H,45,50,52)/t27-,35?/m1/s1. The van der Waals surface area contributed by atoms with Crippen LogP contribution in [0.25, 0.3) is 0 Å². The molecule has 4 fully saturated rings. The summed E-state index contributed by atoms with van der Waals surface area (Å²) in [4.78, 5) is 58.6. The van der Waals surface area contributed by atoms with Crippen molar-refractivity contribution in [2.75, 3.05) is 72.8 Å². The van der Waals surface area contributed by atoms with E-state index in [1.54, 1.807) is 18.2 Å². The summed E-state index contributed by atoms with van der Waals surface area (Å²) in [5, 5.41) is 18.2. The van der Waals surface area contributed by atoms with Gasteiger partial charge in [0.1, 0.15) is 12.1 Å². The van der Waals surface area contributed by atoms with Crippen molar-refractivity contribution in [3.05, 3.63) is 82.9 Å². The quantitative estimate of drug-likeness (QED) is 0.281. The van der Waals surface area contributed by atoms with Crippen molar-refractivity contribution in [2.24, 2.45) is 5.41 Å². The molecule has 53 heavy (non-hydrogen) atoms.